The first-order valence-corrected chi connectivity index (χ1v) is 11.8. The van der Waals surface area contributed by atoms with E-state index in [0.717, 1.165) is 22.1 Å². The van der Waals surface area contributed by atoms with Crippen LogP contribution in [0.2, 0.25) is 0 Å². The average Bonchev–Trinajstić information content (AvgIpc) is 3.29. The van der Waals surface area contributed by atoms with Crippen molar-refractivity contribution in [1.29, 1.82) is 0 Å². The summed E-state index contributed by atoms with van der Waals surface area (Å²) >= 11 is 1.13. The number of rotatable bonds is 6. The maximum absolute atomic E-state index is 12.7. The fraction of sp³-hybridized carbons (Fsp3) is 0.400. The van der Waals surface area contributed by atoms with Crippen molar-refractivity contribution in [3.05, 3.63) is 52.9 Å². The van der Waals surface area contributed by atoms with Crippen LogP contribution in [0.5, 0.6) is 0 Å². The Morgan fingerprint density at radius 2 is 1.66 bits per heavy atom. The van der Waals surface area contributed by atoms with Gasteiger partial charge in [0.05, 0.1) is 6.54 Å². The second-order valence-electron chi connectivity index (χ2n) is 6.92. The van der Waals surface area contributed by atoms with E-state index in [9.17, 15) is 18.0 Å². The summed E-state index contributed by atoms with van der Waals surface area (Å²) in [7, 11) is -2.25. The van der Waals surface area contributed by atoms with E-state index >= 15 is 0 Å². The molecule has 0 N–H and O–H groups in total. The maximum atomic E-state index is 12.7. The molecule has 2 heterocycles. The minimum Gasteiger partial charge on any atom is -0.338 e. The molecule has 1 aromatic carbocycles. The Hall–Kier alpha value is -2.23. The minimum absolute atomic E-state index is 0.0443. The molecule has 1 aliphatic rings. The van der Waals surface area contributed by atoms with Gasteiger partial charge in [0.15, 0.2) is 0 Å². The van der Waals surface area contributed by atoms with Gasteiger partial charge in [-0.3, -0.25) is 9.59 Å². The number of piperazine rings is 1. The molecule has 0 atom stereocenters. The molecule has 0 bridgehead atoms. The molecule has 7 nitrogen and oxygen atoms in total. The van der Waals surface area contributed by atoms with Gasteiger partial charge in [-0.2, -0.15) is 4.31 Å². The second-order valence-corrected chi connectivity index (χ2v) is 10.1. The van der Waals surface area contributed by atoms with Gasteiger partial charge in [0.2, 0.25) is 5.91 Å². The average molecular weight is 436 g/mol. The number of aryl methyl sites for hydroxylation is 1. The zero-order valence-electron chi connectivity index (χ0n) is 16.6. The number of nitrogens with zero attached hydrogens (tertiary/aromatic N) is 3. The summed E-state index contributed by atoms with van der Waals surface area (Å²) in [5.74, 6) is -0.302. The highest BCUT2D eigenvalue weighted by Gasteiger charge is 2.29. The number of sulfonamides is 1. The van der Waals surface area contributed by atoms with Gasteiger partial charge < -0.3 is 9.80 Å². The molecule has 2 amide bonds. The zero-order valence-corrected chi connectivity index (χ0v) is 18.2. The van der Waals surface area contributed by atoms with Crippen molar-refractivity contribution < 1.29 is 18.0 Å². The fourth-order valence-corrected chi connectivity index (χ4v) is 5.49. The summed E-state index contributed by atoms with van der Waals surface area (Å²) in [4.78, 5) is 28.6. The number of hydrogen-bond donors (Lipinski definition) is 0. The Bertz CT molecular complexity index is 948. The van der Waals surface area contributed by atoms with E-state index in [0.29, 0.717) is 31.7 Å². The number of amides is 2. The Kier molecular flexibility index (Phi) is 6.71. The van der Waals surface area contributed by atoms with E-state index in [2.05, 4.69) is 6.92 Å². The number of carbonyl (C=O) groups excluding carboxylic acids is 2. The van der Waals surface area contributed by atoms with Crippen molar-refractivity contribution in [1.82, 2.24) is 14.1 Å². The lowest BCUT2D eigenvalue weighted by Crippen LogP contribution is -2.52. The largest absolute Gasteiger partial charge is 0.338 e. The van der Waals surface area contributed by atoms with Gasteiger partial charge in [-0.15, -0.1) is 11.3 Å². The Balaban J connectivity index is 1.54. The molecule has 29 heavy (non-hydrogen) atoms. The summed E-state index contributed by atoms with van der Waals surface area (Å²) in [6.45, 7) is 3.50. The van der Waals surface area contributed by atoms with Crippen LogP contribution in [0, 0.1) is 0 Å². The van der Waals surface area contributed by atoms with Gasteiger partial charge in [0.1, 0.15) is 4.21 Å². The quantitative estimate of drug-likeness (QED) is 0.695. The molecule has 0 spiro atoms. The normalized spacial score (nSPS) is 15.0. The van der Waals surface area contributed by atoms with Crippen LogP contribution in [-0.4, -0.2) is 74.1 Å². The van der Waals surface area contributed by atoms with Crippen molar-refractivity contribution >= 4 is 33.2 Å². The molecule has 1 aromatic heterocycles. The molecule has 2 aromatic rings. The number of benzene rings is 1. The maximum Gasteiger partial charge on any atom is 0.253 e. The van der Waals surface area contributed by atoms with E-state index in [1.807, 2.05) is 24.3 Å². The highest BCUT2D eigenvalue weighted by molar-refractivity contribution is 7.91. The lowest BCUT2D eigenvalue weighted by atomic mass is 10.1. The second kappa shape index (κ2) is 9.06. The van der Waals surface area contributed by atoms with Crippen molar-refractivity contribution in [2.45, 2.75) is 17.6 Å². The van der Waals surface area contributed by atoms with Crippen LogP contribution in [0.25, 0.3) is 0 Å². The topological polar surface area (TPSA) is 78.0 Å². The molecule has 0 saturated carbocycles. The van der Waals surface area contributed by atoms with Crippen molar-refractivity contribution in [3.63, 3.8) is 0 Å². The third kappa shape index (κ3) is 4.85. The summed E-state index contributed by atoms with van der Waals surface area (Å²) in [6, 6.07) is 10.8. The Labute approximate surface area is 175 Å². The molecule has 0 radical (unpaired) electrons. The van der Waals surface area contributed by atoms with Crippen LogP contribution in [-0.2, 0) is 21.2 Å². The first-order valence-electron chi connectivity index (χ1n) is 9.48. The van der Waals surface area contributed by atoms with Gasteiger partial charge in [0, 0.05) is 38.8 Å². The molecule has 156 valence electrons. The highest BCUT2D eigenvalue weighted by atomic mass is 32.2. The lowest BCUT2D eigenvalue weighted by molar-refractivity contribution is -0.132. The van der Waals surface area contributed by atoms with Crippen molar-refractivity contribution in [2.24, 2.45) is 0 Å². The number of likely N-dealkylation sites (N-methyl/N-ethyl adjacent to an activating group) is 1. The minimum atomic E-state index is -3.66. The number of carbonyl (C=O) groups is 2. The molecule has 1 fully saturated rings. The number of thiophene rings is 1. The van der Waals surface area contributed by atoms with E-state index < -0.39 is 10.0 Å². The van der Waals surface area contributed by atoms with Crippen LogP contribution >= 0.6 is 11.3 Å². The summed E-state index contributed by atoms with van der Waals surface area (Å²) in [6.07, 6.45) is 0.923. The van der Waals surface area contributed by atoms with Crippen LogP contribution in [0.1, 0.15) is 22.8 Å². The van der Waals surface area contributed by atoms with E-state index in [-0.39, 0.29) is 22.6 Å². The van der Waals surface area contributed by atoms with Gasteiger partial charge in [-0.05, 0) is 35.6 Å². The fourth-order valence-electron chi connectivity index (χ4n) is 3.16. The summed E-state index contributed by atoms with van der Waals surface area (Å²) in [5, 5.41) is 1.69. The van der Waals surface area contributed by atoms with E-state index in [4.69, 9.17) is 0 Å². The van der Waals surface area contributed by atoms with Crippen LogP contribution < -0.4 is 0 Å². The molecular formula is C20H25N3O4S2. The molecule has 0 unspecified atom stereocenters. The predicted octanol–water partition coefficient (Wildman–Crippen LogP) is 1.92. The third-order valence-electron chi connectivity index (χ3n) is 5.05. The van der Waals surface area contributed by atoms with Gasteiger partial charge >= 0.3 is 0 Å². The first kappa shape index (κ1) is 21.5. The summed E-state index contributed by atoms with van der Waals surface area (Å²) in [5.41, 5.74) is 1.82. The standard InChI is InChI=1S/C20H25N3O4S2/c1-3-16-6-8-17(9-7-16)20(25)23-12-10-22(11-13-23)18(24)15-21(2)29(26,27)19-5-4-14-28-19/h4-9,14H,3,10-13,15H2,1-2H3. The van der Waals surface area contributed by atoms with Crippen molar-refractivity contribution in [3.8, 4) is 0 Å². The smallest absolute Gasteiger partial charge is 0.253 e. The molecule has 9 heteroatoms. The van der Waals surface area contributed by atoms with Gasteiger partial charge in [-0.1, -0.05) is 25.1 Å². The van der Waals surface area contributed by atoms with Crippen LogP contribution in [0.3, 0.4) is 0 Å². The lowest BCUT2D eigenvalue weighted by Gasteiger charge is -2.35. The molecule has 3 rings (SSSR count). The third-order valence-corrected chi connectivity index (χ3v) is 8.22. The highest BCUT2D eigenvalue weighted by Crippen LogP contribution is 2.20. The first-order chi connectivity index (χ1) is 13.8. The van der Waals surface area contributed by atoms with Crippen LogP contribution in [0.4, 0.5) is 0 Å². The molecule has 1 saturated heterocycles. The molecule has 0 aliphatic carbocycles. The van der Waals surface area contributed by atoms with Crippen molar-refractivity contribution in [2.75, 3.05) is 39.8 Å². The number of hydrogen-bond acceptors (Lipinski definition) is 5. The Morgan fingerprint density at radius 3 is 2.21 bits per heavy atom. The van der Waals surface area contributed by atoms with Crippen LogP contribution in [0.15, 0.2) is 46.0 Å². The SMILES string of the molecule is CCc1ccc(C(=O)N2CCN(C(=O)CN(C)S(=O)(=O)c3cccs3)CC2)cc1. The predicted molar refractivity (Wildman–Crippen MR) is 112 cm³/mol. The zero-order chi connectivity index (χ0) is 21.0. The molecular weight excluding hydrogens is 410 g/mol. The monoisotopic (exact) mass is 435 g/mol. The van der Waals surface area contributed by atoms with Gasteiger partial charge in [-0.25, -0.2) is 8.42 Å². The molecule has 1 aliphatic heterocycles. The van der Waals surface area contributed by atoms with E-state index in [1.54, 1.807) is 21.2 Å². The van der Waals surface area contributed by atoms with E-state index in [1.165, 1.54) is 18.7 Å². The van der Waals surface area contributed by atoms with Gasteiger partial charge in [0.25, 0.3) is 15.9 Å². The summed E-state index contributed by atoms with van der Waals surface area (Å²) < 4.78 is 26.2. The Morgan fingerprint density at radius 1 is 1.03 bits per heavy atom.